The van der Waals surface area contributed by atoms with Gasteiger partial charge in [0.05, 0.1) is 0 Å². The molecular weight excluding hydrogens is 422 g/mol. The lowest BCUT2D eigenvalue weighted by atomic mass is 9.66. The minimum Gasteiger partial charge on any atom is -0.201 e. The van der Waals surface area contributed by atoms with Crippen LogP contribution in [0.25, 0.3) is 33.2 Å². The smallest absolute Gasteiger partial charge is 0.201 e. The third-order valence-corrected chi connectivity index (χ3v) is 8.65. The van der Waals surface area contributed by atoms with E-state index < -0.39 is 12.7 Å². The second kappa shape index (κ2) is 9.26. The van der Waals surface area contributed by atoms with Gasteiger partial charge in [-0.25, -0.2) is 4.57 Å². The molecule has 3 unspecified atom stereocenters. The first-order valence-electron chi connectivity index (χ1n) is 15.3. The Labute approximate surface area is 216 Å². The van der Waals surface area contributed by atoms with Crippen molar-refractivity contribution in [2.24, 2.45) is 18.9 Å². The highest BCUT2D eigenvalue weighted by molar-refractivity contribution is 5.88. The van der Waals surface area contributed by atoms with Crippen molar-refractivity contribution in [3.8, 4) is 22.4 Å². The van der Waals surface area contributed by atoms with E-state index in [1.807, 2.05) is 35.9 Å². The number of benzene rings is 3. The Bertz CT molecular complexity index is 1540. The van der Waals surface area contributed by atoms with Gasteiger partial charge in [-0.2, -0.15) is 0 Å². The van der Waals surface area contributed by atoms with Crippen molar-refractivity contribution in [1.29, 1.82) is 0 Å². The summed E-state index contributed by atoms with van der Waals surface area (Å²) in [6.07, 6.45) is 10.2. The van der Waals surface area contributed by atoms with Gasteiger partial charge in [0.2, 0.25) is 5.69 Å². The van der Waals surface area contributed by atoms with Crippen LogP contribution in [0.3, 0.4) is 0 Å². The molecule has 3 aromatic carbocycles. The number of fused-ring (bicyclic) bond motifs is 2. The summed E-state index contributed by atoms with van der Waals surface area (Å²) >= 11 is 0. The molecule has 2 aliphatic rings. The topological polar surface area (TPSA) is 3.88 Å². The van der Waals surface area contributed by atoms with Crippen molar-refractivity contribution >= 4 is 10.8 Å². The highest BCUT2D eigenvalue weighted by atomic mass is 14.9. The van der Waals surface area contributed by atoms with Crippen LogP contribution in [0.5, 0.6) is 0 Å². The molecule has 0 bridgehead atoms. The molecule has 0 N–H and O–H groups in total. The van der Waals surface area contributed by atoms with Crippen LogP contribution in [-0.4, -0.2) is 0 Å². The van der Waals surface area contributed by atoms with Crippen molar-refractivity contribution in [2.75, 3.05) is 0 Å². The van der Waals surface area contributed by atoms with Crippen LogP contribution < -0.4 is 4.57 Å². The van der Waals surface area contributed by atoms with Crippen LogP contribution >= 0.6 is 0 Å². The van der Waals surface area contributed by atoms with E-state index in [1.54, 1.807) is 6.20 Å². The number of rotatable bonds is 3. The fraction of sp³-hybridized carbons (Fsp3) is 0.382. The fourth-order valence-electron chi connectivity index (χ4n) is 6.62. The third kappa shape index (κ3) is 4.31. The van der Waals surface area contributed by atoms with E-state index in [0.29, 0.717) is 11.5 Å². The van der Waals surface area contributed by atoms with Gasteiger partial charge in [-0.15, -0.1) is 0 Å². The van der Waals surface area contributed by atoms with Gasteiger partial charge in [-0.3, -0.25) is 0 Å². The maximum Gasteiger partial charge on any atom is 0.213 e. The molecule has 1 aromatic heterocycles. The molecule has 2 fully saturated rings. The molecule has 4 aromatic rings. The average molecular weight is 465 g/mol. The monoisotopic (exact) mass is 464 g/mol. The molecule has 1 heterocycles. The molecular formula is C34H38N+. The van der Waals surface area contributed by atoms with E-state index in [0.717, 1.165) is 63.0 Å². The molecule has 3 atom stereocenters. The molecule has 0 saturated heterocycles. The minimum atomic E-state index is -2.23. The van der Waals surface area contributed by atoms with Crippen molar-refractivity contribution in [3.05, 3.63) is 89.6 Å². The molecule has 2 saturated carbocycles. The zero-order valence-corrected chi connectivity index (χ0v) is 21.0. The van der Waals surface area contributed by atoms with Gasteiger partial charge in [0.15, 0.2) is 6.20 Å². The van der Waals surface area contributed by atoms with Gasteiger partial charge < -0.3 is 0 Å². The van der Waals surface area contributed by atoms with E-state index >= 15 is 0 Å². The van der Waals surface area contributed by atoms with Gasteiger partial charge in [0.1, 0.15) is 7.05 Å². The maximum absolute atomic E-state index is 9.41. The lowest BCUT2D eigenvalue weighted by Gasteiger charge is -2.39. The summed E-state index contributed by atoms with van der Waals surface area (Å²) in [7, 11) is 1.92. The van der Waals surface area contributed by atoms with Crippen LogP contribution in [0.15, 0.2) is 72.9 Å². The minimum absolute atomic E-state index is 0.354. The fourth-order valence-corrected chi connectivity index (χ4v) is 6.62. The number of pyridine rings is 1. The Morgan fingerprint density at radius 2 is 1.60 bits per heavy atom. The molecule has 178 valence electrons. The summed E-state index contributed by atoms with van der Waals surface area (Å²) in [5.74, 6) is 1.02. The third-order valence-electron chi connectivity index (χ3n) is 8.65. The summed E-state index contributed by atoms with van der Waals surface area (Å²) in [5, 5.41) is 2.19. The van der Waals surface area contributed by atoms with Crippen LogP contribution in [-0.2, 0) is 7.05 Å². The number of aryl methyl sites for hydroxylation is 3. The highest BCUT2D eigenvalue weighted by Crippen LogP contribution is 2.46. The molecule has 0 radical (unpaired) electrons. The maximum atomic E-state index is 9.41. The van der Waals surface area contributed by atoms with E-state index in [-0.39, 0.29) is 0 Å². The Morgan fingerprint density at radius 3 is 2.46 bits per heavy atom. The van der Waals surface area contributed by atoms with E-state index in [9.17, 15) is 1.37 Å². The van der Waals surface area contributed by atoms with Crippen LogP contribution in [0.1, 0.15) is 73.0 Å². The van der Waals surface area contributed by atoms with Crippen LogP contribution in [0.4, 0.5) is 0 Å². The average Bonchev–Trinajstić information content (AvgIpc) is 2.92. The molecule has 35 heavy (non-hydrogen) atoms. The first-order chi connectivity index (χ1) is 18.6. The summed E-state index contributed by atoms with van der Waals surface area (Å²) in [5.41, 5.74) is 6.36. The van der Waals surface area contributed by atoms with E-state index in [4.69, 9.17) is 4.11 Å². The Hall–Kier alpha value is -2.93. The summed E-state index contributed by atoms with van der Waals surface area (Å²) in [4.78, 5) is 0. The predicted molar refractivity (Wildman–Crippen MR) is 148 cm³/mol. The SMILES string of the molecule is [2H]C([2H])([2H])c1c[n+](C)c(-c2ccccc2C)cc1-c1ccc2cc(C3([2H])CCC4CCCCC4C3)ccc2c1. The van der Waals surface area contributed by atoms with Crippen molar-refractivity contribution in [1.82, 2.24) is 0 Å². The quantitative estimate of drug-likeness (QED) is 0.267. The van der Waals surface area contributed by atoms with Crippen molar-refractivity contribution in [3.63, 3.8) is 0 Å². The lowest BCUT2D eigenvalue weighted by Crippen LogP contribution is -2.31. The molecule has 1 nitrogen and oxygen atoms in total. The first-order valence-corrected chi connectivity index (χ1v) is 13.3. The Kier molecular flexibility index (Phi) is 4.86. The second-order valence-electron chi connectivity index (χ2n) is 10.8. The first kappa shape index (κ1) is 18.4. The normalized spacial score (nSPS) is 26.3. The second-order valence-corrected chi connectivity index (χ2v) is 10.8. The summed E-state index contributed by atoms with van der Waals surface area (Å²) in [6, 6.07) is 23.0. The van der Waals surface area contributed by atoms with Gasteiger partial charge in [0.25, 0.3) is 0 Å². The number of hydrogen-bond acceptors (Lipinski definition) is 0. The molecule has 0 aliphatic heterocycles. The Morgan fingerprint density at radius 1 is 0.800 bits per heavy atom. The number of aromatic nitrogens is 1. The van der Waals surface area contributed by atoms with Gasteiger partial charge >= 0.3 is 0 Å². The number of hydrogen-bond donors (Lipinski definition) is 0. The number of nitrogens with zero attached hydrogens (tertiary/aromatic N) is 1. The van der Waals surface area contributed by atoms with Gasteiger partial charge in [0, 0.05) is 22.7 Å². The molecule has 6 rings (SSSR count). The van der Waals surface area contributed by atoms with Crippen molar-refractivity contribution in [2.45, 2.75) is 64.6 Å². The van der Waals surface area contributed by atoms with Gasteiger partial charge in [-0.1, -0.05) is 74.2 Å². The van der Waals surface area contributed by atoms with Gasteiger partial charge in [-0.05, 0) is 95.9 Å². The van der Waals surface area contributed by atoms with E-state index in [2.05, 4.69) is 49.4 Å². The molecule has 0 amide bonds. The lowest BCUT2D eigenvalue weighted by molar-refractivity contribution is -0.660. The van der Waals surface area contributed by atoms with Crippen molar-refractivity contribution < 1.29 is 10.1 Å². The standard InChI is InChI=1S/C34H38N/c1-23-8-4-7-11-32(23)34-21-33(24(2)22-35(34)3)31-17-16-29-19-28(14-15-30(29)20-31)27-13-12-25-9-5-6-10-26(25)18-27/h4,7-8,11,14-17,19-22,25-27H,5-6,9-10,12-13,18H2,1-3H3/q+1/i2D3,27D. The molecule has 1 heteroatoms. The zero-order valence-electron chi connectivity index (χ0n) is 25.0. The van der Waals surface area contributed by atoms with Crippen LogP contribution in [0, 0.1) is 25.6 Å². The zero-order chi connectivity index (χ0) is 27.4. The molecule has 2 aliphatic carbocycles. The summed E-state index contributed by atoms with van der Waals surface area (Å²) in [6.45, 7) is -0.147. The predicted octanol–water partition coefficient (Wildman–Crippen LogP) is 8.69. The molecule has 0 spiro atoms. The van der Waals surface area contributed by atoms with Crippen LogP contribution in [0.2, 0.25) is 0 Å². The largest absolute Gasteiger partial charge is 0.213 e. The highest BCUT2D eigenvalue weighted by Gasteiger charge is 2.32. The summed E-state index contributed by atoms with van der Waals surface area (Å²) < 4.78 is 36.1. The van der Waals surface area contributed by atoms with E-state index in [1.165, 1.54) is 32.1 Å². The Balaban J connectivity index is 1.40.